The Morgan fingerprint density at radius 1 is 1.16 bits per heavy atom. The molecule has 4 fully saturated rings. The second-order valence-electron chi connectivity index (χ2n) is 8.73. The fourth-order valence-corrected chi connectivity index (χ4v) is 6.76. The fraction of sp³-hybridized carbons (Fsp3) is 0.889. The molecule has 1 heteroatoms. The lowest BCUT2D eigenvalue weighted by molar-refractivity contribution is -0.156. The van der Waals surface area contributed by atoms with Gasteiger partial charge in [0.25, 0.3) is 0 Å². The van der Waals surface area contributed by atoms with Crippen molar-refractivity contribution in [1.82, 2.24) is 0 Å². The highest BCUT2D eigenvalue weighted by Crippen LogP contribution is 2.70. The minimum absolute atomic E-state index is 0.181. The molecule has 3 atom stereocenters. The third-order valence-electron chi connectivity index (χ3n) is 6.03. The van der Waals surface area contributed by atoms with Gasteiger partial charge in [-0.05, 0) is 73.5 Å². The molecule has 0 aromatic rings. The van der Waals surface area contributed by atoms with Crippen LogP contribution in [0.5, 0.6) is 0 Å². The highest BCUT2D eigenvalue weighted by Gasteiger charge is 2.59. The Balaban J connectivity index is 1.75. The number of aliphatic hydroxyl groups excluding tert-OH is 1. The highest BCUT2D eigenvalue weighted by atomic mass is 16.3. The van der Waals surface area contributed by atoms with Gasteiger partial charge in [0.05, 0.1) is 6.10 Å². The van der Waals surface area contributed by atoms with Crippen molar-refractivity contribution in [1.29, 1.82) is 0 Å². The number of terminal acetylenes is 1. The Bertz CT molecular complexity index is 386. The van der Waals surface area contributed by atoms with Gasteiger partial charge < -0.3 is 5.11 Å². The third kappa shape index (κ3) is 2.45. The normalized spacial score (nSPS) is 49.1. The van der Waals surface area contributed by atoms with E-state index in [-0.39, 0.29) is 6.10 Å². The van der Waals surface area contributed by atoms with Crippen LogP contribution < -0.4 is 0 Å². The van der Waals surface area contributed by atoms with Crippen LogP contribution in [-0.4, -0.2) is 11.2 Å². The quantitative estimate of drug-likeness (QED) is 0.753. The average Bonchev–Trinajstić information content (AvgIpc) is 2.20. The number of hydrogen-bond donors (Lipinski definition) is 1. The molecule has 3 unspecified atom stereocenters. The maximum atomic E-state index is 10.3. The lowest BCUT2D eigenvalue weighted by atomic mass is 9.39. The molecule has 4 rings (SSSR count). The molecule has 0 aromatic heterocycles. The molecule has 0 aromatic carbocycles. The van der Waals surface area contributed by atoms with Crippen molar-refractivity contribution in [3.63, 3.8) is 0 Å². The van der Waals surface area contributed by atoms with Crippen LogP contribution in [0.3, 0.4) is 0 Å². The summed E-state index contributed by atoms with van der Waals surface area (Å²) in [5, 5.41) is 10.3. The standard InChI is InChI=1S/C18H28O/c1-4-5-6-15(19)10-18-9-14-7-16(2,12-18)11-17(3,8-14)13-18/h1,14-15,19H,5-13H2,2-3H3. The maximum Gasteiger partial charge on any atom is 0.0554 e. The summed E-state index contributed by atoms with van der Waals surface area (Å²) in [6, 6.07) is 0. The van der Waals surface area contributed by atoms with E-state index in [9.17, 15) is 5.11 Å². The molecular formula is C18H28O. The van der Waals surface area contributed by atoms with Crippen LogP contribution in [0.25, 0.3) is 0 Å². The van der Waals surface area contributed by atoms with Gasteiger partial charge in [0.15, 0.2) is 0 Å². The predicted molar refractivity (Wildman–Crippen MR) is 78.5 cm³/mol. The number of rotatable bonds is 4. The van der Waals surface area contributed by atoms with Crippen molar-refractivity contribution in [3.05, 3.63) is 0 Å². The first-order valence-corrected chi connectivity index (χ1v) is 7.98. The topological polar surface area (TPSA) is 20.2 Å². The SMILES string of the molecule is C#CCCC(O)CC12CC3CC(C)(CC(C)(C3)C1)C2. The van der Waals surface area contributed by atoms with Crippen LogP contribution in [-0.2, 0) is 0 Å². The molecular weight excluding hydrogens is 232 g/mol. The zero-order valence-corrected chi connectivity index (χ0v) is 12.5. The largest absolute Gasteiger partial charge is 0.393 e. The first-order chi connectivity index (χ1) is 8.86. The smallest absolute Gasteiger partial charge is 0.0554 e. The van der Waals surface area contributed by atoms with Crippen molar-refractivity contribution in [2.45, 2.75) is 77.7 Å². The van der Waals surface area contributed by atoms with E-state index in [1.165, 1.54) is 38.5 Å². The van der Waals surface area contributed by atoms with Crippen LogP contribution in [0.4, 0.5) is 0 Å². The van der Waals surface area contributed by atoms with Crippen LogP contribution in [0.15, 0.2) is 0 Å². The maximum absolute atomic E-state index is 10.3. The Hall–Kier alpha value is -0.480. The fourth-order valence-electron chi connectivity index (χ4n) is 6.76. The summed E-state index contributed by atoms with van der Waals surface area (Å²) in [6.45, 7) is 5.00. The monoisotopic (exact) mass is 260 g/mol. The van der Waals surface area contributed by atoms with Gasteiger partial charge in [-0.3, -0.25) is 0 Å². The molecule has 19 heavy (non-hydrogen) atoms. The van der Waals surface area contributed by atoms with Gasteiger partial charge in [-0.2, -0.15) is 0 Å². The van der Waals surface area contributed by atoms with E-state index in [0.717, 1.165) is 25.2 Å². The Morgan fingerprint density at radius 3 is 2.32 bits per heavy atom. The molecule has 0 spiro atoms. The summed E-state index contributed by atoms with van der Waals surface area (Å²) in [5.41, 5.74) is 1.54. The molecule has 1 N–H and O–H groups in total. The minimum Gasteiger partial charge on any atom is -0.393 e. The summed E-state index contributed by atoms with van der Waals surface area (Å²) in [6.07, 6.45) is 16.0. The second kappa shape index (κ2) is 4.26. The van der Waals surface area contributed by atoms with Crippen molar-refractivity contribution in [3.8, 4) is 12.3 Å². The third-order valence-corrected chi connectivity index (χ3v) is 6.03. The number of hydrogen-bond acceptors (Lipinski definition) is 1. The van der Waals surface area contributed by atoms with Crippen molar-refractivity contribution in [2.75, 3.05) is 0 Å². The summed E-state index contributed by atoms with van der Waals surface area (Å²) >= 11 is 0. The first kappa shape index (κ1) is 13.5. The zero-order valence-electron chi connectivity index (χ0n) is 12.5. The molecule has 4 aliphatic carbocycles. The van der Waals surface area contributed by atoms with Crippen LogP contribution in [0.2, 0.25) is 0 Å². The average molecular weight is 260 g/mol. The summed E-state index contributed by atoms with van der Waals surface area (Å²) in [7, 11) is 0. The Labute approximate surface area is 118 Å². The zero-order chi connectivity index (χ0) is 13.7. The van der Waals surface area contributed by atoms with E-state index >= 15 is 0 Å². The van der Waals surface area contributed by atoms with Gasteiger partial charge in [-0.1, -0.05) is 13.8 Å². The Kier molecular flexibility index (Phi) is 3.02. The predicted octanol–water partition coefficient (Wildman–Crippen LogP) is 4.15. The van der Waals surface area contributed by atoms with Gasteiger partial charge in [0, 0.05) is 6.42 Å². The van der Waals surface area contributed by atoms with E-state index in [2.05, 4.69) is 19.8 Å². The van der Waals surface area contributed by atoms with Crippen LogP contribution in [0.1, 0.15) is 71.6 Å². The van der Waals surface area contributed by atoms with Crippen LogP contribution in [0, 0.1) is 34.5 Å². The van der Waals surface area contributed by atoms with Crippen molar-refractivity contribution in [2.24, 2.45) is 22.2 Å². The van der Waals surface area contributed by atoms with Crippen LogP contribution >= 0.6 is 0 Å². The lowest BCUT2D eigenvalue weighted by Crippen LogP contribution is -2.55. The van der Waals surface area contributed by atoms with Gasteiger partial charge in [-0.25, -0.2) is 0 Å². The van der Waals surface area contributed by atoms with Crippen molar-refractivity contribution < 1.29 is 5.11 Å². The molecule has 0 amide bonds. The second-order valence-corrected chi connectivity index (χ2v) is 8.73. The minimum atomic E-state index is -0.181. The molecule has 0 aliphatic heterocycles. The van der Waals surface area contributed by atoms with E-state index in [4.69, 9.17) is 6.42 Å². The lowest BCUT2D eigenvalue weighted by Gasteiger charge is -2.66. The van der Waals surface area contributed by atoms with E-state index < -0.39 is 0 Å². The highest BCUT2D eigenvalue weighted by molar-refractivity contribution is 5.10. The first-order valence-electron chi connectivity index (χ1n) is 7.98. The molecule has 0 radical (unpaired) electrons. The molecule has 106 valence electrons. The summed E-state index contributed by atoms with van der Waals surface area (Å²) in [4.78, 5) is 0. The Morgan fingerprint density at radius 2 is 1.79 bits per heavy atom. The van der Waals surface area contributed by atoms with E-state index in [1.54, 1.807) is 0 Å². The molecule has 1 nitrogen and oxygen atoms in total. The van der Waals surface area contributed by atoms with Gasteiger partial charge >= 0.3 is 0 Å². The summed E-state index contributed by atoms with van der Waals surface area (Å²) < 4.78 is 0. The van der Waals surface area contributed by atoms with E-state index in [0.29, 0.717) is 16.2 Å². The van der Waals surface area contributed by atoms with Gasteiger partial charge in [-0.15, -0.1) is 12.3 Å². The molecule has 0 saturated heterocycles. The summed E-state index contributed by atoms with van der Waals surface area (Å²) in [5.74, 6) is 3.58. The molecule has 4 aliphatic rings. The molecule has 4 saturated carbocycles. The molecule has 0 heterocycles. The molecule has 4 bridgehead atoms. The van der Waals surface area contributed by atoms with Gasteiger partial charge in [0.1, 0.15) is 0 Å². The number of aliphatic hydroxyl groups is 1. The van der Waals surface area contributed by atoms with E-state index in [1.807, 2.05) is 0 Å². The van der Waals surface area contributed by atoms with Gasteiger partial charge in [0.2, 0.25) is 0 Å². The van der Waals surface area contributed by atoms with Crippen molar-refractivity contribution >= 4 is 0 Å².